The highest BCUT2D eigenvalue weighted by Crippen LogP contribution is 2.25. The molecule has 1 rings (SSSR count). The van der Waals surface area contributed by atoms with Crippen molar-refractivity contribution in [3.63, 3.8) is 0 Å². The molecule has 0 spiro atoms. The fourth-order valence-electron chi connectivity index (χ4n) is 1.17. The number of aliphatic hydroxyl groups excluding tert-OH is 1. The van der Waals surface area contributed by atoms with Crippen molar-refractivity contribution in [2.45, 2.75) is 19.4 Å². The van der Waals surface area contributed by atoms with E-state index in [9.17, 15) is 5.11 Å². The van der Waals surface area contributed by atoms with E-state index >= 15 is 0 Å². The first-order valence-corrected chi connectivity index (χ1v) is 4.93. The second kappa shape index (κ2) is 4.63. The molecule has 0 aliphatic rings. The van der Waals surface area contributed by atoms with Crippen LogP contribution >= 0.6 is 15.9 Å². The van der Waals surface area contributed by atoms with Crippen LogP contribution in [0.1, 0.15) is 12.5 Å². The van der Waals surface area contributed by atoms with Crippen LogP contribution in [-0.4, -0.2) is 18.3 Å². The van der Waals surface area contributed by atoms with Gasteiger partial charge in [-0.2, -0.15) is 0 Å². The van der Waals surface area contributed by atoms with E-state index in [0.29, 0.717) is 6.42 Å². The fourth-order valence-corrected chi connectivity index (χ4v) is 1.58. The average molecular weight is 245 g/mol. The Morgan fingerprint density at radius 2 is 2.23 bits per heavy atom. The molecule has 0 aliphatic carbocycles. The van der Waals surface area contributed by atoms with Crippen LogP contribution in [0.2, 0.25) is 0 Å². The first-order chi connectivity index (χ1) is 6.13. The van der Waals surface area contributed by atoms with Gasteiger partial charge in [0, 0.05) is 0 Å². The Morgan fingerprint density at radius 1 is 1.54 bits per heavy atom. The SMILES string of the molecule is COc1cc(C[C@@H](C)O)ccc1Br. The summed E-state index contributed by atoms with van der Waals surface area (Å²) in [5.41, 5.74) is 1.08. The van der Waals surface area contributed by atoms with Crippen molar-refractivity contribution in [2.75, 3.05) is 7.11 Å². The molecule has 2 nitrogen and oxygen atoms in total. The van der Waals surface area contributed by atoms with Gasteiger partial charge in [-0.3, -0.25) is 0 Å². The van der Waals surface area contributed by atoms with Crippen LogP contribution in [0.5, 0.6) is 5.75 Å². The van der Waals surface area contributed by atoms with Crippen molar-refractivity contribution in [1.82, 2.24) is 0 Å². The predicted octanol–water partition coefficient (Wildman–Crippen LogP) is 2.38. The number of hydrogen-bond donors (Lipinski definition) is 1. The highest BCUT2D eigenvalue weighted by atomic mass is 79.9. The van der Waals surface area contributed by atoms with Crippen molar-refractivity contribution in [3.8, 4) is 5.75 Å². The van der Waals surface area contributed by atoms with Crippen molar-refractivity contribution in [3.05, 3.63) is 28.2 Å². The Labute approximate surface area is 86.7 Å². The lowest BCUT2D eigenvalue weighted by atomic mass is 10.1. The lowest BCUT2D eigenvalue weighted by Crippen LogP contribution is -2.04. The summed E-state index contributed by atoms with van der Waals surface area (Å²) in [4.78, 5) is 0. The van der Waals surface area contributed by atoms with Gasteiger partial charge in [0.15, 0.2) is 0 Å². The zero-order valence-electron chi connectivity index (χ0n) is 7.75. The molecule has 0 bridgehead atoms. The Morgan fingerprint density at radius 3 is 2.77 bits per heavy atom. The van der Waals surface area contributed by atoms with E-state index in [1.54, 1.807) is 14.0 Å². The van der Waals surface area contributed by atoms with Gasteiger partial charge in [-0.1, -0.05) is 6.07 Å². The van der Waals surface area contributed by atoms with Gasteiger partial charge in [0.2, 0.25) is 0 Å². The van der Waals surface area contributed by atoms with Crippen LogP contribution < -0.4 is 4.74 Å². The number of aliphatic hydroxyl groups is 1. The third-order valence-corrected chi connectivity index (χ3v) is 2.40. The normalized spacial score (nSPS) is 12.6. The molecule has 0 unspecified atom stereocenters. The number of methoxy groups -OCH3 is 1. The summed E-state index contributed by atoms with van der Waals surface area (Å²) in [6, 6.07) is 5.83. The Hall–Kier alpha value is -0.540. The van der Waals surface area contributed by atoms with E-state index in [4.69, 9.17) is 4.74 Å². The molecular formula is C10H13BrO2. The van der Waals surface area contributed by atoms with E-state index < -0.39 is 0 Å². The van der Waals surface area contributed by atoms with E-state index in [2.05, 4.69) is 15.9 Å². The summed E-state index contributed by atoms with van der Waals surface area (Å²) in [5, 5.41) is 9.19. The third-order valence-electron chi connectivity index (χ3n) is 1.75. The summed E-state index contributed by atoms with van der Waals surface area (Å²) >= 11 is 3.37. The number of benzene rings is 1. The predicted molar refractivity (Wildman–Crippen MR) is 56.1 cm³/mol. The molecule has 1 N–H and O–H groups in total. The van der Waals surface area contributed by atoms with Crippen LogP contribution in [0.15, 0.2) is 22.7 Å². The molecule has 0 heterocycles. The Balaban J connectivity index is 2.86. The topological polar surface area (TPSA) is 29.5 Å². The molecule has 0 amide bonds. The highest BCUT2D eigenvalue weighted by molar-refractivity contribution is 9.10. The summed E-state index contributed by atoms with van der Waals surface area (Å²) in [6.45, 7) is 1.77. The summed E-state index contributed by atoms with van der Waals surface area (Å²) in [6.07, 6.45) is 0.342. The Kier molecular flexibility index (Phi) is 3.75. The fraction of sp³-hybridized carbons (Fsp3) is 0.400. The summed E-state index contributed by atoms with van der Waals surface area (Å²) < 4.78 is 6.07. The maximum absolute atomic E-state index is 9.19. The number of ether oxygens (including phenoxy) is 1. The molecule has 13 heavy (non-hydrogen) atoms. The first-order valence-electron chi connectivity index (χ1n) is 4.14. The molecule has 0 fully saturated rings. The second-order valence-corrected chi connectivity index (χ2v) is 3.88. The van der Waals surface area contributed by atoms with E-state index in [-0.39, 0.29) is 6.10 Å². The molecule has 0 saturated carbocycles. The number of halogens is 1. The maximum Gasteiger partial charge on any atom is 0.133 e. The van der Waals surface area contributed by atoms with E-state index in [0.717, 1.165) is 15.8 Å². The minimum absolute atomic E-state index is 0.314. The zero-order valence-corrected chi connectivity index (χ0v) is 9.34. The van der Waals surface area contributed by atoms with Gasteiger partial charge in [0.1, 0.15) is 5.75 Å². The second-order valence-electron chi connectivity index (χ2n) is 3.02. The van der Waals surface area contributed by atoms with Crippen molar-refractivity contribution in [2.24, 2.45) is 0 Å². The smallest absolute Gasteiger partial charge is 0.133 e. The van der Waals surface area contributed by atoms with Gasteiger partial charge in [-0.25, -0.2) is 0 Å². The van der Waals surface area contributed by atoms with Gasteiger partial charge in [0.25, 0.3) is 0 Å². The molecule has 1 atom stereocenters. The van der Waals surface area contributed by atoms with Crippen LogP contribution in [0.3, 0.4) is 0 Å². The molecular weight excluding hydrogens is 232 g/mol. The van der Waals surface area contributed by atoms with Gasteiger partial charge in [-0.15, -0.1) is 0 Å². The maximum atomic E-state index is 9.19. The molecule has 1 aromatic rings. The van der Waals surface area contributed by atoms with Gasteiger partial charge in [0.05, 0.1) is 17.7 Å². The van der Waals surface area contributed by atoms with Crippen molar-refractivity contribution in [1.29, 1.82) is 0 Å². The molecule has 3 heteroatoms. The Bertz CT molecular complexity index is 284. The van der Waals surface area contributed by atoms with Crippen LogP contribution in [-0.2, 0) is 6.42 Å². The first kappa shape index (κ1) is 10.5. The lowest BCUT2D eigenvalue weighted by Gasteiger charge is -2.07. The third kappa shape index (κ3) is 3.01. The lowest BCUT2D eigenvalue weighted by molar-refractivity contribution is 0.195. The molecule has 0 aliphatic heterocycles. The standard InChI is InChI=1S/C10H13BrO2/c1-7(12)5-8-3-4-9(11)10(6-8)13-2/h3-4,6-7,12H,5H2,1-2H3/t7-/m1/s1. The summed E-state index contributed by atoms with van der Waals surface area (Å²) in [7, 11) is 1.63. The average Bonchev–Trinajstić information content (AvgIpc) is 2.07. The molecule has 1 aromatic carbocycles. The van der Waals surface area contributed by atoms with E-state index in [1.165, 1.54) is 0 Å². The zero-order chi connectivity index (χ0) is 9.84. The molecule has 72 valence electrons. The minimum atomic E-state index is -0.314. The number of rotatable bonds is 3. The monoisotopic (exact) mass is 244 g/mol. The molecule has 0 aromatic heterocycles. The van der Waals surface area contributed by atoms with Crippen LogP contribution in [0.4, 0.5) is 0 Å². The molecule has 0 radical (unpaired) electrons. The van der Waals surface area contributed by atoms with Gasteiger partial charge >= 0.3 is 0 Å². The molecule has 0 saturated heterocycles. The van der Waals surface area contributed by atoms with Crippen LogP contribution in [0, 0.1) is 0 Å². The van der Waals surface area contributed by atoms with Gasteiger partial charge in [-0.05, 0) is 47.0 Å². The van der Waals surface area contributed by atoms with Gasteiger partial charge < -0.3 is 9.84 Å². The largest absolute Gasteiger partial charge is 0.496 e. The van der Waals surface area contributed by atoms with E-state index in [1.807, 2.05) is 18.2 Å². The summed E-state index contributed by atoms with van der Waals surface area (Å²) in [5.74, 6) is 0.804. The highest BCUT2D eigenvalue weighted by Gasteiger charge is 2.03. The van der Waals surface area contributed by atoms with Crippen LogP contribution in [0.25, 0.3) is 0 Å². The minimum Gasteiger partial charge on any atom is -0.496 e. The van der Waals surface area contributed by atoms with Crippen molar-refractivity contribution < 1.29 is 9.84 Å². The number of hydrogen-bond acceptors (Lipinski definition) is 2. The van der Waals surface area contributed by atoms with Crippen molar-refractivity contribution >= 4 is 15.9 Å². The quantitative estimate of drug-likeness (QED) is 0.885.